The molecule has 0 aliphatic carbocycles. The molecule has 1 unspecified atom stereocenters. The number of nitrogens with one attached hydrogen (secondary N) is 1. The Bertz CT molecular complexity index is 741. The highest BCUT2D eigenvalue weighted by atomic mass is 16.2. The lowest BCUT2D eigenvalue weighted by Crippen LogP contribution is -2.28. The second kappa shape index (κ2) is 6.82. The first-order valence-corrected chi connectivity index (χ1v) is 8.08. The standard InChI is InChI=1S/C17H21N5O2/c1-3-22-16(12(2)9-19-22)20-17(24)14-8-15(23)21(11-14)10-13-4-6-18-7-5-13/h4-7,9,14H,3,8,10-11H2,1-2H3,(H,20,24). The van der Waals surface area contributed by atoms with Gasteiger partial charge in [0, 0.05) is 44.0 Å². The minimum Gasteiger partial charge on any atom is -0.338 e. The van der Waals surface area contributed by atoms with Crippen molar-refractivity contribution in [3.63, 3.8) is 0 Å². The van der Waals surface area contributed by atoms with Crippen molar-refractivity contribution in [1.29, 1.82) is 0 Å². The van der Waals surface area contributed by atoms with E-state index in [2.05, 4.69) is 15.4 Å². The number of aryl methyl sites for hydroxylation is 2. The maximum Gasteiger partial charge on any atom is 0.230 e. The molecular weight excluding hydrogens is 306 g/mol. The largest absolute Gasteiger partial charge is 0.338 e. The third-order valence-corrected chi connectivity index (χ3v) is 4.27. The fourth-order valence-electron chi connectivity index (χ4n) is 2.91. The number of amides is 2. The first-order chi connectivity index (χ1) is 11.6. The van der Waals surface area contributed by atoms with Gasteiger partial charge in [-0.25, -0.2) is 4.68 Å². The Balaban J connectivity index is 1.64. The number of likely N-dealkylation sites (tertiary alicyclic amines) is 1. The molecule has 126 valence electrons. The Morgan fingerprint density at radius 1 is 1.38 bits per heavy atom. The first kappa shape index (κ1) is 16.2. The molecule has 3 rings (SSSR count). The van der Waals surface area contributed by atoms with Crippen LogP contribution in [0.5, 0.6) is 0 Å². The summed E-state index contributed by atoms with van der Waals surface area (Å²) in [7, 11) is 0. The Labute approximate surface area is 140 Å². The van der Waals surface area contributed by atoms with E-state index in [1.165, 1.54) is 0 Å². The van der Waals surface area contributed by atoms with Gasteiger partial charge in [0.05, 0.1) is 12.1 Å². The van der Waals surface area contributed by atoms with Crippen molar-refractivity contribution in [1.82, 2.24) is 19.7 Å². The van der Waals surface area contributed by atoms with Crippen molar-refractivity contribution in [2.45, 2.75) is 33.4 Å². The van der Waals surface area contributed by atoms with Crippen LogP contribution in [0.25, 0.3) is 0 Å². The summed E-state index contributed by atoms with van der Waals surface area (Å²) in [6, 6.07) is 3.76. The lowest BCUT2D eigenvalue weighted by molar-refractivity contribution is -0.128. The number of carbonyl (C=O) groups excluding carboxylic acids is 2. The number of hydrogen-bond donors (Lipinski definition) is 1. The second-order valence-corrected chi connectivity index (χ2v) is 6.01. The van der Waals surface area contributed by atoms with Crippen molar-refractivity contribution in [2.75, 3.05) is 11.9 Å². The molecule has 24 heavy (non-hydrogen) atoms. The smallest absolute Gasteiger partial charge is 0.230 e. The number of aromatic nitrogens is 3. The Morgan fingerprint density at radius 3 is 2.83 bits per heavy atom. The van der Waals surface area contributed by atoms with E-state index in [4.69, 9.17) is 0 Å². The third-order valence-electron chi connectivity index (χ3n) is 4.27. The maximum atomic E-state index is 12.5. The van der Waals surface area contributed by atoms with E-state index in [0.29, 0.717) is 25.5 Å². The molecule has 1 atom stereocenters. The van der Waals surface area contributed by atoms with E-state index in [1.807, 2.05) is 26.0 Å². The van der Waals surface area contributed by atoms with Crippen LogP contribution in [0, 0.1) is 12.8 Å². The van der Waals surface area contributed by atoms with Crippen LogP contribution in [-0.4, -0.2) is 38.0 Å². The van der Waals surface area contributed by atoms with Gasteiger partial charge in [-0.15, -0.1) is 0 Å². The zero-order valence-electron chi connectivity index (χ0n) is 13.9. The fourth-order valence-corrected chi connectivity index (χ4v) is 2.91. The number of anilines is 1. The summed E-state index contributed by atoms with van der Waals surface area (Å²) in [5.41, 5.74) is 1.93. The predicted molar refractivity (Wildman–Crippen MR) is 89.0 cm³/mol. The van der Waals surface area contributed by atoms with Crippen LogP contribution in [0.15, 0.2) is 30.7 Å². The molecule has 1 N–H and O–H groups in total. The van der Waals surface area contributed by atoms with Gasteiger partial charge in [-0.05, 0) is 31.5 Å². The Kier molecular flexibility index (Phi) is 4.59. The minimum atomic E-state index is -0.334. The van der Waals surface area contributed by atoms with Gasteiger partial charge in [0.15, 0.2) is 0 Å². The zero-order valence-corrected chi connectivity index (χ0v) is 13.9. The number of nitrogens with zero attached hydrogens (tertiary/aromatic N) is 4. The number of pyridine rings is 1. The molecule has 1 aliphatic heterocycles. The number of rotatable bonds is 5. The number of hydrogen-bond acceptors (Lipinski definition) is 4. The molecule has 2 aromatic rings. The van der Waals surface area contributed by atoms with Crippen LogP contribution in [0.4, 0.5) is 5.82 Å². The molecule has 7 heteroatoms. The van der Waals surface area contributed by atoms with E-state index >= 15 is 0 Å². The van der Waals surface area contributed by atoms with Gasteiger partial charge in [-0.2, -0.15) is 5.10 Å². The zero-order chi connectivity index (χ0) is 17.1. The molecule has 1 saturated heterocycles. The Hall–Kier alpha value is -2.70. The van der Waals surface area contributed by atoms with Gasteiger partial charge < -0.3 is 10.2 Å². The fraction of sp³-hybridized carbons (Fsp3) is 0.412. The quantitative estimate of drug-likeness (QED) is 0.904. The highest BCUT2D eigenvalue weighted by molar-refractivity contribution is 5.97. The summed E-state index contributed by atoms with van der Waals surface area (Å²) in [4.78, 5) is 30.4. The van der Waals surface area contributed by atoms with Crippen LogP contribution in [0.1, 0.15) is 24.5 Å². The highest BCUT2D eigenvalue weighted by Gasteiger charge is 2.34. The van der Waals surface area contributed by atoms with Crippen LogP contribution in [0.3, 0.4) is 0 Å². The SMILES string of the molecule is CCn1ncc(C)c1NC(=O)C1CC(=O)N(Cc2ccncc2)C1. The molecule has 0 bridgehead atoms. The molecule has 2 aromatic heterocycles. The topological polar surface area (TPSA) is 80.1 Å². The van der Waals surface area contributed by atoms with E-state index < -0.39 is 0 Å². The predicted octanol–water partition coefficient (Wildman–Crippen LogP) is 1.59. The molecule has 3 heterocycles. The second-order valence-electron chi connectivity index (χ2n) is 6.01. The number of carbonyl (C=O) groups is 2. The first-order valence-electron chi connectivity index (χ1n) is 8.08. The molecule has 1 fully saturated rings. The van der Waals surface area contributed by atoms with Crippen LogP contribution in [0.2, 0.25) is 0 Å². The van der Waals surface area contributed by atoms with E-state index in [9.17, 15) is 9.59 Å². The van der Waals surface area contributed by atoms with Crippen molar-refractivity contribution >= 4 is 17.6 Å². The molecule has 0 saturated carbocycles. The van der Waals surface area contributed by atoms with Crippen molar-refractivity contribution in [3.8, 4) is 0 Å². The van der Waals surface area contributed by atoms with Crippen molar-refractivity contribution in [3.05, 3.63) is 41.9 Å². The van der Waals surface area contributed by atoms with Crippen LogP contribution >= 0.6 is 0 Å². The lowest BCUT2D eigenvalue weighted by atomic mass is 10.1. The summed E-state index contributed by atoms with van der Waals surface area (Å²) >= 11 is 0. The van der Waals surface area contributed by atoms with Gasteiger partial charge in [0.2, 0.25) is 11.8 Å². The molecule has 2 amide bonds. The summed E-state index contributed by atoms with van der Waals surface area (Å²) < 4.78 is 1.75. The van der Waals surface area contributed by atoms with Crippen LogP contribution in [-0.2, 0) is 22.7 Å². The van der Waals surface area contributed by atoms with Crippen molar-refractivity contribution in [2.24, 2.45) is 5.92 Å². The molecule has 0 aromatic carbocycles. The van der Waals surface area contributed by atoms with Gasteiger partial charge in [-0.1, -0.05) is 0 Å². The monoisotopic (exact) mass is 327 g/mol. The van der Waals surface area contributed by atoms with E-state index in [-0.39, 0.29) is 24.2 Å². The molecular formula is C17H21N5O2. The van der Waals surface area contributed by atoms with Gasteiger partial charge in [-0.3, -0.25) is 14.6 Å². The summed E-state index contributed by atoms with van der Waals surface area (Å²) in [6.07, 6.45) is 5.38. The normalized spacial score (nSPS) is 17.3. The third kappa shape index (κ3) is 3.29. The summed E-state index contributed by atoms with van der Waals surface area (Å²) in [5, 5.41) is 7.15. The van der Waals surface area contributed by atoms with Gasteiger partial charge in [0.1, 0.15) is 5.82 Å². The molecule has 7 nitrogen and oxygen atoms in total. The van der Waals surface area contributed by atoms with Crippen LogP contribution < -0.4 is 5.32 Å². The minimum absolute atomic E-state index is 0.00711. The highest BCUT2D eigenvalue weighted by Crippen LogP contribution is 2.23. The maximum absolute atomic E-state index is 12.5. The molecule has 0 radical (unpaired) electrons. The summed E-state index contributed by atoms with van der Waals surface area (Å²) in [5.74, 6) is 0.257. The average Bonchev–Trinajstić information content (AvgIpc) is 3.12. The Morgan fingerprint density at radius 2 is 2.12 bits per heavy atom. The molecule has 0 spiro atoms. The van der Waals surface area contributed by atoms with Gasteiger partial charge in [0.25, 0.3) is 0 Å². The average molecular weight is 327 g/mol. The van der Waals surface area contributed by atoms with E-state index in [1.54, 1.807) is 28.2 Å². The van der Waals surface area contributed by atoms with E-state index in [0.717, 1.165) is 11.1 Å². The van der Waals surface area contributed by atoms with Gasteiger partial charge >= 0.3 is 0 Å². The molecule has 1 aliphatic rings. The van der Waals surface area contributed by atoms with Crippen molar-refractivity contribution < 1.29 is 9.59 Å². The summed E-state index contributed by atoms with van der Waals surface area (Å²) in [6.45, 7) is 5.51. The lowest BCUT2D eigenvalue weighted by Gasteiger charge is -2.17.